The predicted molar refractivity (Wildman–Crippen MR) is 164 cm³/mol. The normalized spacial score (nSPS) is 14.1. The number of nitro groups is 1. The SMILES string of the molecule is Cc1nn(-c2ccccc2)c(N2C(=O)/C(=C/c3ccccc3)N=C2c2ccccc2)c1C=Nc1ccc([N+](=O)[O-])cc1. The third-order valence-corrected chi connectivity index (χ3v) is 6.69. The highest BCUT2D eigenvalue weighted by molar-refractivity contribution is 6.33. The van der Waals surface area contributed by atoms with Gasteiger partial charge >= 0.3 is 0 Å². The number of hydrogen-bond donors (Lipinski definition) is 0. The molecule has 0 bridgehead atoms. The summed E-state index contributed by atoms with van der Waals surface area (Å²) in [5.74, 6) is 0.637. The lowest BCUT2D eigenvalue weighted by Crippen LogP contribution is -2.35. The molecule has 0 aliphatic carbocycles. The Kier molecular flexibility index (Phi) is 7.05. The van der Waals surface area contributed by atoms with Crippen molar-refractivity contribution < 1.29 is 9.72 Å². The summed E-state index contributed by atoms with van der Waals surface area (Å²) in [6.45, 7) is 1.85. The number of amides is 1. The third-order valence-electron chi connectivity index (χ3n) is 6.69. The molecular weight excluding hydrogens is 528 g/mol. The topological polar surface area (TPSA) is 106 Å². The summed E-state index contributed by atoms with van der Waals surface area (Å²) in [4.78, 5) is 35.8. The smallest absolute Gasteiger partial charge is 0.266 e. The number of anilines is 1. The van der Waals surface area contributed by atoms with Crippen LogP contribution < -0.4 is 4.90 Å². The van der Waals surface area contributed by atoms with Gasteiger partial charge in [0.2, 0.25) is 0 Å². The van der Waals surface area contributed by atoms with E-state index >= 15 is 0 Å². The van der Waals surface area contributed by atoms with Crippen LogP contribution in [0, 0.1) is 17.0 Å². The molecule has 0 N–H and O–H groups in total. The van der Waals surface area contributed by atoms with Crippen LogP contribution in [0.15, 0.2) is 131 Å². The molecule has 6 rings (SSSR count). The van der Waals surface area contributed by atoms with E-state index in [1.807, 2.05) is 97.9 Å². The first-order chi connectivity index (χ1) is 20.5. The molecule has 0 spiro atoms. The number of para-hydroxylation sites is 1. The third kappa shape index (κ3) is 5.14. The molecule has 0 radical (unpaired) electrons. The van der Waals surface area contributed by atoms with Crippen molar-refractivity contribution in [1.29, 1.82) is 0 Å². The molecule has 4 aromatic carbocycles. The molecule has 1 aliphatic rings. The molecule has 42 heavy (non-hydrogen) atoms. The number of hydrogen-bond acceptors (Lipinski definition) is 6. The summed E-state index contributed by atoms with van der Waals surface area (Å²) in [6.07, 6.45) is 3.40. The van der Waals surface area contributed by atoms with E-state index in [1.54, 1.807) is 34.0 Å². The van der Waals surface area contributed by atoms with Gasteiger partial charge in [-0.1, -0.05) is 78.9 Å². The van der Waals surface area contributed by atoms with Crippen LogP contribution in [0.4, 0.5) is 17.2 Å². The Labute approximate surface area is 241 Å². The first-order valence-corrected chi connectivity index (χ1v) is 13.2. The fourth-order valence-corrected chi connectivity index (χ4v) is 4.64. The number of non-ortho nitro benzene ring substituents is 1. The molecule has 2 heterocycles. The largest absolute Gasteiger partial charge is 0.283 e. The number of nitrogens with zero attached hydrogens (tertiary/aromatic N) is 6. The summed E-state index contributed by atoms with van der Waals surface area (Å²) in [7, 11) is 0. The number of amidine groups is 1. The van der Waals surface area contributed by atoms with Gasteiger partial charge in [0.1, 0.15) is 11.5 Å². The van der Waals surface area contributed by atoms with Crippen LogP contribution in [0.1, 0.15) is 22.4 Å². The highest BCUT2D eigenvalue weighted by Crippen LogP contribution is 2.33. The zero-order chi connectivity index (χ0) is 29.1. The number of nitro benzene ring substituents is 1. The molecular formula is C33H24N6O3. The van der Waals surface area contributed by atoms with Gasteiger partial charge in [0.05, 0.1) is 27.6 Å². The number of aliphatic imine (C=N–C) groups is 2. The van der Waals surface area contributed by atoms with Crippen molar-refractivity contribution in [1.82, 2.24) is 9.78 Å². The molecule has 0 unspecified atom stereocenters. The molecule has 0 saturated carbocycles. The van der Waals surface area contributed by atoms with Crippen molar-refractivity contribution >= 4 is 41.2 Å². The monoisotopic (exact) mass is 552 g/mol. The Hall–Kier alpha value is -5.96. The van der Waals surface area contributed by atoms with Crippen LogP contribution in [0.25, 0.3) is 11.8 Å². The average Bonchev–Trinajstić information content (AvgIpc) is 3.52. The van der Waals surface area contributed by atoms with E-state index in [2.05, 4.69) is 4.99 Å². The maximum absolute atomic E-state index is 14.2. The molecule has 0 saturated heterocycles. The lowest BCUT2D eigenvalue weighted by molar-refractivity contribution is -0.384. The molecule has 204 valence electrons. The Morgan fingerprint density at radius 3 is 2.10 bits per heavy atom. The van der Waals surface area contributed by atoms with Crippen LogP contribution in [0.2, 0.25) is 0 Å². The van der Waals surface area contributed by atoms with Crippen LogP contribution >= 0.6 is 0 Å². The molecule has 9 nitrogen and oxygen atoms in total. The number of carbonyl (C=O) groups is 1. The number of benzene rings is 4. The van der Waals surface area contributed by atoms with Crippen LogP contribution in [0.5, 0.6) is 0 Å². The van der Waals surface area contributed by atoms with Crippen molar-refractivity contribution in [2.24, 2.45) is 9.98 Å². The summed E-state index contributed by atoms with van der Waals surface area (Å²) >= 11 is 0. The molecule has 1 aliphatic heterocycles. The molecule has 1 amide bonds. The first kappa shape index (κ1) is 26.3. The minimum atomic E-state index is -0.455. The molecule has 1 aromatic heterocycles. The second-order valence-electron chi connectivity index (χ2n) is 9.48. The Balaban J connectivity index is 1.53. The van der Waals surface area contributed by atoms with E-state index in [0.717, 1.165) is 16.8 Å². The van der Waals surface area contributed by atoms with Crippen molar-refractivity contribution in [3.8, 4) is 5.69 Å². The average molecular weight is 553 g/mol. The number of aromatic nitrogens is 2. The lowest BCUT2D eigenvalue weighted by atomic mass is 10.1. The fourth-order valence-electron chi connectivity index (χ4n) is 4.64. The van der Waals surface area contributed by atoms with Crippen molar-refractivity contribution in [3.05, 3.63) is 153 Å². The van der Waals surface area contributed by atoms with Gasteiger partial charge < -0.3 is 0 Å². The van der Waals surface area contributed by atoms with Crippen LogP contribution in [-0.4, -0.2) is 32.7 Å². The summed E-state index contributed by atoms with van der Waals surface area (Å²) in [6, 6.07) is 34.6. The van der Waals surface area contributed by atoms with Crippen molar-refractivity contribution in [2.45, 2.75) is 6.92 Å². The Morgan fingerprint density at radius 2 is 1.45 bits per heavy atom. The van der Waals surface area contributed by atoms with E-state index in [1.165, 1.54) is 12.1 Å². The van der Waals surface area contributed by atoms with Gasteiger partial charge in [-0.2, -0.15) is 5.10 Å². The van der Waals surface area contributed by atoms with E-state index in [-0.39, 0.29) is 17.3 Å². The molecule has 0 atom stereocenters. The van der Waals surface area contributed by atoms with E-state index in [4.69, 9.17) is 10.1 Å². The van der Waals surface area contributed by atoms with Crippen molar-refractivity contribution in [3.63, 3.8) is 0 Å². The predicted octanol–water partition coefficient (Wildman–Crippen LogP) is 6.67. The van der Waals surface area contributed by atoms with Gasteiger partial charge in [0.15, 0.2) is 5.82 Å². The molecule has 9 heteroatoms. The first-order valence-electron chi connectivity index (χ1n) is 13.2. The van der Waals surface area contributed by atoms with Crippen LogP contribution in [-0.2, 0) is 4.79 Å². The zero-order valence-electron chi connectivity index (χ0n) is 22.5. The fraction of sp³-hybridized carbons (Fsp3) is 0.0303. The minimum Gasteiger partial charge on any atom is -0.266 e. The molecule has 5 aromatic rings. The number of aryl methyl sites for hydroxylation is 1. The van der Waals surface area contributed by atoms with Gasteiger partial charge in [-0.3, -0.25) is 19.9 Å². The van der Waals surface area contributed by atoms with E-state index in [0.29, 0.717) is 28.6 Å². The molecule has 0 fully saturated rings. The second-order valence-corrected chi connectivity index (χ2v) is 9.48. The number of rotatable bonds is 7. The van der Waals surface area contributed by atoms with E-state index < -0.39 is 4.92 Å². The van der Waals surface area contributed by atoms with Gasteiger partial charge in [-0.05, 0) is 42.8 Å². The highest BCUT2D eigenvalue weighted by Gasteiger charge is 2.37. The number of carbonyl (C=O) groups excluding carboxylic acids is 1. The summed E-state index contributed by atoms with van der Waals surface area (Å²) in [5, 5.41) is 15.9. The summed E-state index contributed by atoms with van der Waals surface area (Å²) < 4.78 is 1.72. The highest BCUT2D eigenvalue weighted by atomic mass is 16.6. The van der Waals surface area contributed by atoms with E-state index in [9.17, 15) is 14.9 Å². The minimum absolute atomic E-state index is 0.0215. The second kappa shape index (κ2) is 11.3. The quantitative estimate of drug-likeness (QED) is 0.0972. The van der Waals surface area contributed by atoms with Gasteiger partial charge in [-0.25, -0.2) is 14.6 Å². The van der Waals surface area contributed by atoms with Gasteiger partial charge in [0.25, 0.3) is 11.6 Å². The Bertz CT molecular complexity index is 1860. The maximum atomic E-state index is 14.2. The van der Waals surface area contributed by atoms with Crippen LogP contribution in [0.3, 0.4) is 0 Å². The van der Waals surface area contributed by atoms with Gasteiger partial charge in [-0.15, -0.1) is 0 Å². The van der Waals surface area contributed by atoms with Crippen molar-refractivity contribution in [2.75, 3.05) is 4.90 Å². The maximum Gasteiger partial charge on any atom is 0.283 e. The lowest BCUT2D eigenvalue weighted by Gasteiger charge is -2.21. The summed E-state index contributed by atoms with van der Waals surface area (Å²) in [5.41, 5.74) is 4.41. The van der Waals surface area contributed by atoms with Gasteiger partial charge in [0, 0.05) is 23.9 Å². The Morgan fingerprint density at radius 1 is 0.833 bits per heavy atom. The standard InChI is InChI=1S/C33H24N6O3/c1-23-29(22-34-26-17-19-28(20-18-26)39(41)42)32(38(36-23)27-15-9-4-10-16-27)37-31(25-13-7-3-8-14-25)35-30(33(37)40)21-24-11-5-2-6-12-24/h2-22H,1H3/b30-21-,34-22?. The zero-order valence-corrected chi connectivity index (χ0v) is 22.5.